The van der Waals surface area contributed by atoms with Crippen molar-refractivity contribution in [1.29, 1.82) is 0 Å². The summed E-state index contributed by atoms with van der Waals surface area (Å²) in [7, 11) is 0. The highest BCUT2D eigenvalue weighted by molar-refractivity contribution is 5.88. The monoisotopic (exact) mass is 402 g/mol. The lowest BCUT2D eigenvalue weighted by molar-refractivity contribution is -0.157. The number of Topliss-reactive ketones (excluding diaryl/α,β-unsaturated/α-hetero) is 1. The molecule has 2 aromatic rings. The Morgan fingerprint density at radius 2 is 1.27 bits per heavy atom. The van der Waals surface area contributed by atoms with E-state index in [-0.39, 0.29) is 36.1 Å². The van der Waals surface area contributed by atoms with Gasteiger partial charge in [-0.05, 0) is 67.4 Å². The van der Waals surface area contributed by atoms with Crippen LogP contribution in [0.1, 0.15) is 62.0 Å². The van der Waals surface area contributed by atoms with Crippen LogP contribution in [0.3, 0.4) is 0 Å². The van der Waals surface area contributed by atoms with Crippen LogP contribution in [0, 0.1) is 23.2 Å². The van der Waals surface area contributed by atoms with Crippen molar-refractivity contribution >= 4 is 11.8 Å². The number of carbonyl (C=O) groups is 2. The SMILES string of the molecule is O=C(CC(c1ccccc1)c1ccccc1)OCC(=O)C12CC3CC(CC(C3)C1)C2. The lowest BCUT2D eigenvalue weighted by Crippen LogP contribution is -2.51. The highest BCUT2D eigenvalue weighted by Crippen LogP contribution is 2.60. The summed E-state index contributed by atoms with van der Waals surface area (Å²) in [5.41, 5.74) is 1.98. The van der Waals surface area contributed by atoms with Crippen molar-refractivity contribution in [3.05, 3.63) is 71.8 Å². The number of ketones is 1. The van der Waals surface area contributed by atoms with Crippen LogP contribution >= 0.6 is 0 Å². The molecule has 2 aromatic carbocycles. The molecule has 4 bridgehead atoms. The van der Waals surface area contributed by atoms with Crippen LogP contribution in [0.4, 0.5) is 0 Å². The van der Waals surface area contributed by atoms with Crippen LogP contribution in [0.2, 0.25) is 0 Å². The molecule has 0 aromatic heterocycles. The summed E-state index contributed by atoms with van der Waals surface area (Å²) >= 11 is 0. The Bertz CT molecular complexity index is 827. The van der Waals surface area contributed by atoms with E-state index in [9.17, 15) is 9.59 Å². The number of hydrogen-bond acceptors (Lipinski definition) is 3. The van der Waals surface area contributed by atoms with E-state index in [0.29, 0.717) is 0 Å². The third-order valence-electron chi connectivity index (χ3n) is 7.77. The number of rotatable bonds is 7. The van der Waals surface area contributed by atoms with E-state index >= 15 is 0 Å². The van der Waals surface area contributed by atoms with Crippen molar-refractivity contribution in [1.82, 2.24) is 0 Å². The molecule has 156 valence electrons. The van der Waals surface area contributed by atoms with Gasteiger partial charge < -0.3 is 4.74 Å². The van der Waals surface area contributed by atoms with E-state index in [1.165, 1.54) is 19.3 Å². The van der Waals surface area contributed by atoms with E-state index in [1.807, 2.05) is 60.7 Å². The average Bonchev–Trinajstić information content (AvgIpc) is 2.76. The first-order valence-electron chi connectivity index (χ1n) is 11.4. The normalized spacial score (nSPS) is 29.2. The van der Waals surface area contributed by atoms with Crippen LogP contribution in [0.5, 0.6) is 0 Å². The van der Waals surface area contributed by atoms with Gasteiger partial charge in [0.1, 0.15) is 0 Å². The van der Waals surface area contributed by atoms with Crippen LogP contribution in [0.15, 0.2) is 60.7 Å². The lowest BCUT2D eigenvalue weighted by atomic mass is 9.48. The van der Waals surface area contributed by atoms with Crippen molar-refractivity contribution in [3.63, 3.8) is 0 Å². The van der Waals surface area contributed by atoms with Gasteiger partial charge in [0.05, 0.1) is 6.42 Å². The zero-order valence-corrected chi connectivity index (χ0v) is 17.5. The minimum Gasteiger partial charge on any atom is -0.458 e. The standard InChI is InChI=1S/C27H30O3/c28-25(27-15-19-11-20(16-27)13-21(12-19)17-27)18-30-26(29)14-24(22-7-3-1-4-8-22)23-9-5-2-6-10-23/h1-10,19-21,24H,11-18H2. The Labute approximate surface area is 178 Å². The van der Waals surface area contributed by atoms with Gasteiger partial charge in [-0.2, -0.15) is 0 Å². The molecule has 0 radical (unpaired) electrons. The molecule has 4 fully saturated rings. The van der Waals surface area contributed by atoms with Gasteiger partial charge >= 0.3 is 5.97 Å². The zero-order valence-electron chi connectivity index (χ0n) is 17.5. The van der Waals surface area contributed by atoms with Gasteiger partial charge in [-0.25, -0.2) is 0 Å². The summed E-state index contributed by atoms with van der Waals surface area (Å²) in [5, 5.41) is 0. The lowest BCUT2D eigenvalue weighted by Gasteiger charge is -2.55. The minimum atomic E-state index is -0.286. The first-order chi connectivity index (χ1) is 14.6. The fourth-order valence-electron chi connectivity index (χ4n) is 6.78. The maximum absolute atomic E-state index is 13.1. The van der Waals surface area contributed by atoms with Crippen molar-refractivity contribution < 1.29 is 14.3 Å². The summed E-state index contributed by atoms with van der Waals surface area (Å²) in [6, 6.07) is 20.1. The zero-order chi connectivity index (χ0) is 20.6. The second-order valence-corrected chi connectivity index (χ2v) is 9.86. The van der Waals surface area contributed by atoms with E-state index in [2.05, 4.69) is 0 Å². The van der Waals surface area contributed by atoms with E-state index in [0.717, 1.165) is 48.1 Å². The number of esters is 1. The predicted molar refractivity (Wildman–Crippen MR) is 116 cm³/mol. The van der Waals surface area contributed by atoms with Gasteiger partial charge in [-0.3, -0.25) is 9.59 Å². The molecule has 0 atom stereocenters. The number of benzene rings is 2. The van der Waals surface area contributed by atoms with Gasteiger partial charge in [0, 0.05) is 11.3 Å². The van der Waals surface area contributed by atoms with E-state index in [4.69, 9.17) is 4.74 Å². The van der Waals surface area contributed by atoms with E-state index < -0.39 is 0 Å². The molecular weight excluding hydrogens is 372 g/mol. The summed E-state index contributed by atoms with van der Waals surface area (Å²) in [6.07, 6.45) is 7.23. The molecule has 30 heavy (non-hydrogen) atoms. The van der Waals surface area contributed by atoms with Crippen LogP contribution in [0.25, 0.3) is 0 Å². The average molecular weight is 403 g/mol. The second kappa shape index (κ2) is 8.02. The molecular formula is C27H30O3. The van der Waals surface area contributed by atoms with Crippen molar-refractivity contribution in [3.8, 4) is 0 Å². The quantitative estimate of drug-likeness (QED) is 0.571. The molecule has 0 heterocycles. The first-order valence-corrected chi connectivity index (χ1v) is 11.4. The number of carbonyl (C=O) groups excluding carboxylic acids is 2. The number of hydrogen-bond donors (Lipinski definition) is 0. The van der Waals surface area contributed by atoms with Crippen molar-refractivity contribution in [2.45, 2.75) is 50.9 Å². The van der Waals surface area contributed by atoms with Crippen molar-refractivity contribution in [2.75, 3.05) is 6.61 Å². The van der Waals surface area contributed by atoms with Gasteiger partial charge in [0.25, 0.3) is 0 Å². The molecule has 0 N–H and O–H groups in total. The Balaban J connectivity index is 1.24. The molecule has 0 amide bonds. The fraction of sp³-hybridized carbons (Fsp3) is 0.481. The van der Waals surface area contributed by atoms with Crippen LogP contribution in [-0.2, 0) is 14.3 Å². The Morgan fingerprint density at radius 3 is 1.73 bits per heavy atom. The maximum atomic E-state index is 13.1. The topological polar surface area (TPSA) is 43.4 Å². The van der Waals surface area contributed by atoms with Crippen LogP contribution in [-0.4, -0.2) is 18.4 Å². The summed E-state index contributed by atoms with van der Waals surface area (Å²) in [4.78, 5) is 25.9. The van der Waals surface area contributed by atoms with Gasteiger partial charge in [-0.1, -0.05) is 60.7 Å². The predicted octanol–water partition coefficient (Wildman–Crippen LogP) is 5.54. The van der Waals surface area contributed by atoms with Gasteiger partial charge in [-0.15, -0.1) is 0 Å². The molecule has 0 spiro atoms. The van der Waals surface area contributed by atoms with Crippen molar-refractivity contribution in [2.24, 2.45) is 23.2 Å². The molecule has 3 nitrogen and oxygen atoms in total. The summed E-state index contributed by atoms with van der Waals surface area (Å²) in [5.74, 6) is 1.98. The Morgan fingerprint density at radius 1 is 0.800 bits per heavy atom. The minimum absolute atomic E-state index is 0.0543. The fourth-order valence-corrected chi connectivity index (χ4v) is 6.78. The smallest absolute Gasteiger partial charge is 0.307 e. The highest BCUT2D eigenvalue weighted by Gasteiger charge is 2.54. The Hall–Kier alpha value is -2.42. The Kier molecular flexibility index (Phi) is 5.22. The molecule has 4 aliphatic rings. The van der Waals surface area contributed by atoms with Gasteiger partial charge in [0.2, 0.25) is 0 Å². The second-order valence-electron chi connectivity index (χ2n) is 9.86. The third-order valence-corrected chi connectivity index (χ3v) is 7.77. The summed E-state index contributed by atoms with van der Waals surface area (Å²) in [6.45, 7) is -0.0543. The molecule has 4 saturated carbocycles. The van der Waals surface area contributed by atoms with Crippen LogP contribution < -0.4 is 0 Å². The summed E-state index contributed by atoms with van der Waals surface area (Å²) < 4.78 is 5.58. The highest BCUT2D eigenvalue weighted by atomic mass is 16.5. The molecule has 4 aliphatic carbocycles. The molecule has 3 heteroatoms. The molecule has 0 unspecified atom stereocenters. The van der Waals surface area contributed by atoms with E-state index in [1.54, 1.807) is 0 Å². The first kappa shape index (κ1) is 19.5. The molecule has 0 saturated heterocycles. The molecule has 0 aliphatic heterocycles. The number of ether oxygens (including phenoxy) is 1. The molecule has 6 rings (SSSR count). The largest absolute Gasteiger partial charge is 0.458 e. The van der Waals surface area contributed by atoms with Gasteiger partial charge in [0.15, 0.2) is 12.4 Å². The maximum Gasteiger partial charge on any atom is 0.307 e. The third kappa shape index (κ3) is 3.82.